The van der Waals surface area contributed by atoms with Crippen LogP contribution in [0.2, 0.25) is 0 Å². The molecular formula is C23H29N3O3S. The van der Waals surface area contributed by atoms with Crippen LogP contribution < -0.4 is 20.7 Å². The smallest absolute Gasteiger partial charge is 0.257 e. The van der Waals surface area contributed by atoms with E-state index >= 15 is 0 Å². The van der Waals surface area contributed by atoms with Gasteiger partial charge in [-0.1, -0.05) is 32.9 Å². The lowest BCUT2D eigenvalue weighted by Gasteiger charge is -2.13. The lowest BCUT2D eigenvalue weighted by atomic mass is 10.1. The molecule has 2 amide bonds. The Morgan fingerprint density at radius 1 is 1.00 bits per heavy atom. The maximum Gasteiger partial charge on any atom is 0.257 e. The molecule has 0 fully saturated rings. The minimum absolute atomic E-state index is 0.0924. The highest BCUT2D eigenvalue weighted by Gasteiger charge is 2.12. The number of ether oxygens (including phenoxy) is 1. The highest BCUT2D eigenvalue weighted by molar-refractivity contribution is 7.80. The van der Waals surface area contributed by atoms with Crippen LogP contribution in [0.5, 0.6) is 5.75 Å². The molecule has 3 N–H and O–H groups in total. The summed E-state index contributed by atoms with van der Waals surface area (Å²) < 4.78 is 5.66. The first-order valence-corrected chi connectivity index (χ1v) is 10.5. The first kappa shape index (κ1) is 23.3. The van der Waals surface area contributed by atoms with Crippen molar-refractivity contribution < 1.29 is 14.3 Å². The Kier molecular flexibility index (Phi) is 8.80. The van der Waals surface area contributed by atoms with Crippen molar-refractivity contribution in [3.8, 4) is 5.75 Å². The fraction of sp³-hybridized carbons (Fsp3) is 0.348. The van der Waals surface area contributed by atoms with Crippen LogP contribution in [0.25, 0.3) is 0 Å². The van der Waals surface area contributed by atoms with E-state index in [1.165, 1.54) is 0 Å². The number of hydrogen-bond acceptors (Lipinski definition) is 4. The Balaban J connectivity index is 1.97. The summed E-state index contributed by atoms with van der Waals surface area (Å²) in [6.07, 6.45) is 0.851. The van der Waals surface area contributed by atoms with Gasteiger partial charge in [-0.25, -0.2) is 0 Å². The van der Waals surface area contributed by atoms with Crippen LogP contribution in [0, 0.1) is 5.92 Å². The number of carbonyl (C=O) groups is 2. The molecule has 2 rings (SSSR count). The Morgan fingerprint density at radius 3 is 2.33 bits per heavy atom. The third kappa shape index (κ3) is 7.48. The summed E-state index contributed by atoms with van der Waals surface area (Å²) in [5.41, 5.74) is 1.58. The molecule has 0 bridgehead atoms. The van der Waals surface area contributed by atoms with Crippen molar-refractivity contribution in [1.29, 1.82) is 0 Å². The van der Waals surface area contributed by atoms with Gasteiger partial charge in [0.05, 0.1) is 6.61 Å². The van der Waals surface area contributed by atoms with Crippen LogP contribution in [-0.4, -0.2) is 29.6 Å². The minimum atomic E-state index is -0.340. The lowest BCUT2D eigenvalue weighted by Crippen LogP contribution is -2.34. The Hall–Kier alpha value is -2.93. The number of amides is 2. The molecule has 6 nitrogen and oxygen atoms in total. The van der Waals surface area contributed by atoms with Crippen molar-refractivity contribution >= 4 is 34.8 Å². The molecule has 0 aliphatic heterocycles. The van der Waals surface area contributed by atoms with E-state index in [-0.39, 0.29) is 23.0 Å². The molecule has 1 atom stereocenters. The van der Waals surface area contributed by atoms with Crippen molar-refractivity contribution in [2.24, 2.45) is 5.92 Å². The van der Waals surface area contributed by atoms with E-state index in [0.29, 0.717) is 35.1 Å². The van der Waals surface area contributed by atoms with Crippen LogP contribution >= 0.6 is 12.2 Å². The van der Waals surface area contributed by atoms with Gasteiger partial charge in [-0.3, -0.25) is 14.9 Å². The fourth-order valence-corrected chi connectivity index (χ4v) is 2.69. The molecule has 0 spiro atoms. The Morgan fingerprint density at radius 2 is 1.67 bits per heavy atom. The van der Waals surface area contributed by atoms with E-state index in [2.05, 4.69) is 29.8 Å². The SMILES string of the molecule is CCC(C)NC(=O)c1cccc(NC(=S)NC(=O)c2cccc(OCC(C)C)c2)c1. The molecule has 0 saturated heterocycles. The predicted octanol–water partition coefficient (Wildman–Crippen LogP) is 4.38. The van der Waals surface area contributed by atoms with Gasteiger partial charge in [-0.05, 0) is 67.9 Å². The molecule has 0 aromatic heterocycles. The zero-order valence-corrected chi connectivity index (χ0v) is 18.6. The molecule has 1 unspecified atom stereocenters. The van der Waals surface area contributed by atoms with Gasteiger partial charge in [-0.2, -0.15) is 0 Å². The molecule has 0 radical (unpaired) electrons. The molecule has 2 aromatic carbocycles. The quantitative estimate of drug-likeness (QED) is 0.545. The largest absolute Gasteiger partial charge is 0.493 e. The van der Waals surface area contributed by atoms with E-state index in [4.69, 9.17) is 17.0 Å². The molecule has 0 aliphatic rings. The van der Waals surface area contributed by atoms with Gasteiger partial charge in [0, 0.05) is 22.9 Å². The van der Waals surface area contributed by atoms with Gasteiger partial charge >= 0.3 is 0 Å². The number of carbonyl (C=O) groups excluding carboxylic acids is 2. The van der Waals surface area contributed by atoms with Crippen LogP contribution in [0.4, 0.5) is 5.69 Å². The minimum Gasteiger partial charge on any atom is -0.493 e. The third-order valence-corrected chi connectivity index (χ3v) is 4.48. The summed E-state index contributed by atoms with van der Waals surface area (Å²) in [5.74, 6) is 0.534. The van der Waals surface area contributed by atoms with Crippen LogP contribution in [-0.2, 0) is 0 Å². The molecular weight excluding hydrogens is 398 g/mol. The number of thiocarbonyl (C=S) groups is 1. The average molecular weight is 428 g/mol. The number of benzene rings is 2. The fourth-order valence-electron chi connectivity index (χ4n) is 2.48. The first-order chi connectivity index (χ1) is 14.3. The normalized spacial score (nSPS) is 11.5. The summed E-state index contributed by atoms with van der Waals surface area (Å²) in [6.45, 7) is 8.66. The van der Waals surface area contributed by atoms with E-state index in [1.54, 1.807) is 42.5 Å². The zero-order valence-electron chi connectivity index (χ0n) is 17.8. The summed E-state index contributed by atoms with van der Waals surface area (Å²) in [5, 5.41) is 8.67. The van der Waals surface area contributed by atoms with Crippen LogP contribution in [0.15, 0.2) is 48.5 Å². The van der Waals surface area contributed by atoms with E-state index in [9.17, 15) is 9.59 Å². The van der Waals surface area contributed by atoms with Gasteiger partial charge in [-0.15, -0.1) is 0 Å². The summed E-state index contributed by atoms with van der Waals surface area (Å²) in [6, 6.07) is 14.0. The Labute approximate surface area is 183 Å². The molecule has 2 aromatic rings. The highest BCUT2D eigenvalue weighted by atomic mass is 32.1. The molecule has 160 valence electrons. The second-order valence-corrected chi connectivity index (χ2v) is 7.91. The number of hydrogen-bond donors (Lipinski definition) is 3. The molecule has 0 heterocycles. The van der Waals surface area contributed by atoms with E-state index in [1.807, 2.05) is 19.9 Å². The maximum absolute atomic E-state index is 12.5. The molecule has 0 saturated carbocycles. The number of rotatable bonds is 8. The highest BCUT2D eigenvalue weighted by Crippen LogP contribution is 2.15. The second kappa shape index (κ2) is 11.3. The summed E-state index contributed by atoms with van der Waals surface area (Å²) >= 11 is 5.25. The maximum atomic E-state index is 12.5. The number of nitrogens with one attached hydrogen (secondary N) is 3. The molecule has 0 aliphatic carbocycles. The molecule has 30 heavy (non-hydrogen) atoms. The second-order valence-electron chi connectivity index (χ2n) is 7.50. The van der Waals surface area contributed by atoms with Gasteiger partial charge in [0.1, 0.15) is 5.75 Å². The van der Waals surface area contributed by atoms with Crippen molar-refractivity contribution in [3.63, 3.8) is 0 Å². The topological polar surface area (TPSA) is 79.5 Å². The molecule has 7 heteroatoms. The monoisotopic (exact) mass is 427 g/mol. The number of anilines is 1. The predicted molar refractivity (Wildman–Crippen MR) is 124 cm³/mol. The van der Waals surface area contributed by atoms with Crippen molar-refractivity contribution in [3.05, 3.63) is 59.7 Å². The average Bonchev–Trinajstić information content (AvgIpc) is 2.72. The lowest BCUT2D eigenvalue weighted by molar-refractivity contribution is 0.0937. The van der Waals surface area contributed by atoms with Gasteiger partial charge in [0.25, 0.3) is 11.8 Å². The standard InChI is InChI=1S/C23H29N3O3S/c1-5-16(4)24-21(27)17-8-6-10-19(12-17)25-23(30)26-22(28)18-9-7-11-20(13-18)29-14-15(2)3/h6-13,15-16H,5,14H2,1-4H3,(H,24,27)(H2,25,26,28,30). The van der Waals surface area contributed by atoms with Gasteiger partial charge in [0.15, 0.2) is 5.11 Å². The third-order valence-electron chi connectivity index (χ3n) is 4.28. The van der Waals surface area contributed by atoms with E-state index in [0.717, 1.165) is 6.42 Å². The Bertz CT molecular complexity index is 899. The van der Waals surface area contributed by atoms with Crippen molar-refractivity contribution in [2.45, 2.75) is 40.2 Å². The summed E-state index contributed by atoms with van der Waals surface area (Å²) in [4.78, 5) is 24.8. The van der Waals surface area contributed by atoms with Gasteiger partial charge in [0.2, 0.25) is 0 Å². The first-order valence-electron chi connectivity index (χ1n) is 10.0. The van der Waals surface area contributed by atoms with E-state index < -0.39 is 0 Å². The van der Waals surface area contributed by atoms with Gasteiger partial charge < -0.3 is 15.4 Å². The van der Waals surface area contributed by atoms with Crippen molar-refractivity contribution in [1.82, 2.24) is 10.6 Å². The zero-order chi connectivity index (χ0) is 22.1. The summed E-state index contributed by atoms with van der Waals surface area (Å²) in [7, 11) is 0. The van der Waals surface area contributed by atoms with Crippen LogP contribution in [0.1, 0.15) is 54.8 Å². The van der Waals surface area contributed by atoms with Crippen LogP contribution in [0.3, 0.4) is 0 Å². The van der Waals surface area contributed by atoms with Crippen molar-refractivity contribution in [2.75, 3.05) is 11.9 Å².